The molecule has 0 amide bonds. The van der Waals surface area contributed by atoms with Gasteiger partial charge in [-0.25, -0.2) is 0 Å². The molecule has 2 unspecified atom stereocenters. The fourth-order valence-corrected chi connectivity index (χ4v) is 3.17. The summed E-state index contributed by atoms with van der Waals surface area (Å²) in [4.78, 5) is 3.29. The van der Waals surface area contributed by atoms with Crippen LogP contribution in [-0.4, -0.2) is 22.3 Å². The van der Waals surface area contributed by atoms with Gasteiger partial charge in [-0.05, 0) is 56.6 Å². The van der Waals surface area contributed by atoms with Gasteiger partial charge >= 0.3 is 0 Å². The second-order valence-corrected chi connectivity index (χ2v) is 5.50. The molecule has 18 heavy (non-hydrogen) atoms. The van der Waals surface area contributed by atoms with Crippen LogP contribution >= 0.6 is 12.2 Å². The molecule has 96 valence electrons. The van der Waals surface area contributed by atoms with Gasteiger partial charge in [-0.3, -0.25) is 0 Å². The zero-order chi connectivity index (χ0) is 12.7. The Kier molecular flexibility index (Phi) is 2.99. The van der Waals surface area contributed by atoms with E-state index in [-0.39, 0.29) is 12.1 Å². The van der Waals surface area contributed by atoms with Gasteiger partial charge in [0.25, 0.3) is 0 Å². The Bertz CT molecular complexity index is 622. The van der Waals surface area contributed by atoms with E-state index in [9.17, 15) is 0 Å². The summed E-state index contributed by atoms with van der Waals surface area (Å²) in [6.07, 6.45) is 2.57. The molecule has 1 saturated heterocycles. The number of aryl methyl sites for hydroxylation is 1. The number of nitrogens with one attached hydrogen (secondary N) is 1. The zero-order valence-electron chi connectivity index (χ0n) is 10.8. The summed E-state index contributed by atoms with van der Waals surface area (Å²) in [6, 6.07) is 6.70. The Labute approximate surface area is 112 Å². The highest BCUT2D eigenvalue weighted by Crippen LogP contribution is 2.28. The van der Waals surface area contributed by atoms with E-state index in [1.165, 1.54) is 11.1 Å². The third-order valence-electron chi connectivity index (χ3n) is 3.78. The van der Waals surface area contributed by atoms with Crippen LogP contribution < -0.4 is 0 Å². The summed E-state index contributed by atoms with van der Waals surface area (Å²) in [5, 5.41) is 0. The normalized spacial score (nSPS) is 21.6. The van der Waals surface area contributed by atoms with Crippen molar-refractivity contribution < 1.29 is 4.74 Å². The van der Waals surface area contributed by atoms with Crippen molar-refractivity contribution in [3.8, 4) is 0 Å². The molecule has 1 aliphatic rings. The molecule has 4 heteroatoms. The number of hydrogen-bond acceptors (Lipinski definition) is 2. The Morgan fingerprint density at radius 3 is 3.06 bits per heavy atom. The minimum Gasteiger partial charge on any atom is -0.376 e. The third kappa shape index (κ3) is 1.89. The number of fused-ring (bicyclic) bond motifs is 1. The van der Waals surface area contributed by atoms with E-state index in [1.807, 2.05) is 0 Å². The van der Waals surface area contributed by atoms with E-state index in [0.29, 0.717) is 0 Å². The molecular formula is C14H18N2OS. The number of rotatable bonds is 2. The predicted octanol–water partition coefficient (Wildman–Crippen LogP) is 3.75. The van der Waals surface area contributed by atoms with Crippen molar-refractivity contribution in [1.29, 1.82) is 0 Å². The van der Waals surface area contributed by atoms with Gasteiger partial charge in [0.15, 0.2) is 4.77 Å². The second kappa shape index (κ2) is 4.52. The SMILES string of the molecule is Cc1ccc2c(c1)[nH]c(=S)n2C(C)C1CCCO1. The first-order valence-electron chi connectivity index (χ1n) is 6.49. The summed E-state index contributed by atoms with van der Waals surface area (Å²) in [5.41, 5.74) is 3.54. The van der Waals surface area contributed by atoms with E-state index in [4.69, 9.17) is 17.0 Å². The largest absolute Gasteiger partial charge is 0.376 e. The van der Waals surface area contributed by atoms with Crippen LogP contribution in [0.4, 0.5) is 0 Å². The predicted molar refractivity (Wildman–Crippen MR) is 75.5 cm³/mol. The summed E-state index contributed by atoms with van der Waals surface area (Å²) in [5.74, 6) is 0. The van der Waals surface area contributed by atoms with E-state index >= 15 is 0 Å². The third-order valence-corrected chi connectivity index (χ3v) is 4.08. The minimum absolute atomic E-state index is 0.288. The summed E-state index contributed by atoms with van der Waals surface area (Å²) in [7, 11) is 0. The van der Waals surface area contributed by atoms with Crippen molar-refractivity contribution in [2.75, 3.05) is 6.61 Å². The van der Waals surface area contributed by atoms with E-state index in [1.54, 1.807) is 0 Å². The molecule has 0 aliphatic carbocycles. The fourth-order valence-electron chi connectivity index (χ4n) is 2.80. The lowest BCUT2D eigenvalue weighted by molar-refractivity contribution is 0.0741. The van der Waals surface area contributed by atoms with Gasteiger partial charge in [-0.1, -0.05) is 6.07 Å². The van der Waals surface area contributed by atoms with Crippen LogP contribution in [0.25, 0.3) is 11.0 Å². The second-order valence-electron chi connectivity index (χ2n) is 5.11. The molecule has 1 aliphatic heterocycles. The van der Waals surface area contributed by atoms with Gasteiger partial charge in [-0.2, -0.15) is 0 Å². The molecule has 1 N–H and O–H groups in total. The molecule has 1 aromatic heterocycles. The first-order valence-corrected chi connectivity index (χ1v) is 6.90. The van der Waals surface area contributed by atoms with Crippen molar-refractivity contribution in [1.82, 2.24) is 9.55 Å². The van der Waals surface area contributed by atoms with Gasteiger partial charge in [-0.15, -0.1) is 0 Å². The van der Waals surface area contributed by atoms with Crippen LogP contribution in [0.5, 0.6) is 0 Å². The standard InChI is InChI=1S/C14H18N2OS/c1-9-5-6-12-11(8-9)15-14(18)16(12)10(2)13-4-3-7-17-13/h5-6,8,10,13H,3-4,7H2,1-2H3,(H,15,18). The summed E-state index contributed by atoms with van der Waals surface area (Å²) < 4.78 is 8.77. The first kappa shape index (κ1) is 11.9. The van der Waals surface area contributed by atoms with E-state index < -0.39 is 0 Å². The average molecular weight is 262 g/mol. The quantitative estimate of drug-likeness (QED) is 0.835. The molecule has 2 heterocycles. The van der Waals surface area contributed by atoms with Crippen molar-refractivity contribution >= 4 is 23.3 Å². The lowest BCUT2D eigenvalue weighted by Gasteiger charge is -2.20. The van der Waals surface area contributed by atoms with Crippen LogP contribution in [-0.2, 0) is 4.74 Å². The molecule has 2 aromatic rings. The van der Waals surface area contributed by atoms with Crippen LogP contribution in [0.3, 0.4) is 0 Å². The molecule has 1 fully saturated rings. The Morgan fingerprint density at radius 2 is 2.33 bits per heavy atom. The van der Waals surface area contributed by atoms with Crippen molar-refractivity contribution in [3.05, 3.63) is 28.5 Å². The fraction of sp³-hybridized carbons (Fsp3) is 0.500. The monoisotopic (exact) mass is 262 g/mol. The smallest absolute Gasteiger partial charge is 0.178 e. The van der Waals surface area contributed by atoms with Crippen molar-refractivity contribution in [3.63, 3.8) is 0 Å². The number of aromatic nitrogens is 2. The number of aromatic amines is 1. The highest BCUT2D eigenvalue weighted by atomic mass is 32.1. The maximum atomic E-state index is 5.79. The number of imidazole rings is 1. The lowest BCUT2D eigenvalue weighted by Crippen LogP contribution is -2.20. The van der Waals surface area contributed by atoms with Crippen LogP contribution in [0.2, 0.25) is 0 Å². The van der Waals surface area contributed by atoms with Crippen LogP contribution in [0, 0.1) is 11.7 Å². The summed E-state index contributed by atoms with van der Waals surface area (Å²) >= 11 is 5.46. The van der Waals surface area contributed by atoms with Gasteiger partial charge in [0.1, 0.15) is 0 Å². The number of H-pyrrole nitrogens is 1. The van der Waals surface area contributed by atoms with Crippen LogP contribution in [0.1, 0.15) is 31.4 Å². The molecule has 1 aromatic carbocycles. The molecule has 3 rings (SSSR count). The van der Waals surface area contributed by atoms with E-state index in [0.717, 1.165) is 29.7 Å². The van der Waals surface area contributed by atoms with Crippen molar-refractivity contribution in [2.24, 2.45) is 0 Å². The molecule has 0 saturated carbocycles. The topological polar surface area (TPSA) is 29.9 Å². The molecular weight excluding hydrogens is 244 g/mol. The maximum absolute atomic E-state index is 5.79. The molecule has 2 atom stereocenters. The van der Waals surface area contributed by atoms with Crippen LogP contribution in [0.15, 0.2) is 18.2 Å². The maximum Gasteiger partial charge on any atom is 0.178 e. The molecule has 3 nitrogen and oxygen atoms in total. The van der Waals surface area contributed by atoms with Gasteiger partial charge < -0.3 is 14.3 Å². The van der Waals surface area contributed by atoms with Gasteiger partial charge in [0, 0.05) is 6.61 Å². The summed E-state index contributed by atoms with van der Waals surface area (Å²) in [6.45, 7) is 5.17. The number of hydrogen-bond donors (Lipinski definition) is 1. The van der Waals surface area contributed by atoms with Gasteiger partial charge in [0.2, 0.25) is 0 Å². The molecule has 0 bridgehead atoms. The van der Waals surface area contributed by atoms with E-state index in [2.05, 4.69) is 41.6 Å². The van der Waals surface area contributed by atoms with Crippen molar-refractivity contribution in [2.45, 2.75) is 38.8 Å². The number of nitrogens with zero attached hydrogens (tertiary/aromatic N) is 1. The first-order chi connectivity index (χ1) is 8.66. The number of ether oxygens (including phenoxy) is 1. The minimum atomic E-state index is 0.288. The Morgan fingerprint density at radius 1 is 1.50 bits per heavy atom. The Balaban J connectivity index is 2.10. The van der Waals surface area contributed by atoms with Gasteiger partial charge in [0.05, 0.1) is 23.2 Å². The molecule has 0 spiro atoms. The number of benzene rings is 1. The Hall–Kier alpha value is -1.13. The lowest BCUT2D eigenvalue weighted by atomic mass is 10.1. The average Bonchev–Trinajstić information content (AvgIpc) is 2.94. The highest BCUT2D eigenvalue weighted by Gasteiger charge is 2.25. The highest BCUT2D eigenvalue weighted by molar-refractivity contribution is 7.71. The zero-order valence-corrected chi connectivity index (χ0v) is 11.6. The molecule has 0 radical (unpaired) electrons.